The van der Waals surface area contributed by atoms with Gasteiger partial charge in [-0.1, -0.05) is 11.6 Å². The van der Waals surface area contributed by atoms with E-state index >= 15 is 0 Å². The molecule has 0 saturated carbocycles. The van der Waals surface area contributed by atoms with Crippen molar-refractivity contribution in [3.05, 3.63) is 38.8 Å². The fourth-order valence-electron chi connectivity index (χ4n) is 2.41. The van der Waals surface area contributed by atoms with E-state index in [1.807, 2.05) is 0 Å². The lowest BCUT2D eigenvalue weighted by atomic mass is 10.1. The Morgan fingerprint density at radius 1 is 1.39 bits per heavy atom. The number of aryl methyl sites for hydroxylation is 1. The maximum Gasteiger partial charge on any atom is 0.344 e. The van der Waals surface area contributed by atoms with Crippen LogP contribution in [0, 0.1) is 5.82 Å². The second-order valence-electron chi connectivity index (χ2n) is 4.71. The predicted molar refractivity (Wildman–Crippen MR) is 87.1 cm³/mol. The molecule has 0 amide bonds. The minimum Gasteiger partial charge on any atom is -0.462 e. The number of ether oxygens (including phenoxy) is 1. The first-order chi connectivity index (χ1) is 10.8. The highest BCUT2D eigenvalue weighted by molar-refractivity contribution is 7.84. The second kappa shape index (κ2) is 6.80. The molecule has 1 aromatic carbocycles. The van der Waals surface area contributed by atoms with Crippen LogP contribution >= 0.6 is 11.6 Å². The molecule has 0 aliphatic carbocycles. The van der Waals surface area contributed by atoms with Gasteiger partial charge in [0.15, 0.2) is 0 Å². The van der Waals surface area contributed by atoms with E-state index in [2.05, 4.69) is 0 Å². The third-order valence-electron chi connectivity index (χ3n) is 3.33. The number of rotatable bonds is 4. The van der Waals surface area contributed by atoms with Crippen molar-refractivity contribution in [3.63, 3.8) is 0 Å². The summed E-state index contributed by atoms with van der Waals surface area (Å²) in [5.74, 6) is -1.64. The Morgan fingerprint density at radius 3 is 2.57 bits per heavy atom. The molecule has 0 aliphatic rings. The van der Waals surface area contributed by atoms with E-state index in [1.54, 1.807) is 13.8 Å². The summed E-state index contributed by atoms with van der Waals surface area (Å²) in [6, 6.07) is 2.28. The molecule has 8 heteroatoms. The summed E-state index contributed by atoms with van der Waals surface area (Å²) in [7, 11) is -1.63. The van der Waals surface area contributed by atoms with E-state index in [0.717, 1.165) is 6.07 Å². The molecule has 2 rings (SSSR count). The first-order valence-corrected chi connectivity index (χ1v) is 8.83. The van der Waals surface area contributed by atoms with Gasteiger partial charge in [0.2, 0.25) is 5.43 Å². The van der Waals surface area contributed by atoms with E-state index in [-0.39, 0.29) is 27.6 Å². The number of benzene rings is 1. The van der Waals surface area contributed by atoms with Crippen molar-refractivity contribution in [2.24, 2.45) is 0 Å². The van der Waals surface area contributed by atoms with Gasteiger partial charge in [0, 0.05) is 18.2 Å². The monoisotopic (exact) mass is 359 g/mol. The van der Waals surface area contributed by atoms with Gasteiger partial charge in [0.05, 0.1) is 27.9 Å². The quantitative estimate of drug-likeness (QED) is 0.787. The van der Waals surface area contributed by atoms with Crippen molar-refractivity contribution < 1.29 is 18.1 Å². The average molecular weight is 360 g/mol. The fraction of sp³-hybridized carbons (Fsp3) is 0.333. The maximum absolute atomic E-state index is 13.7. The summed E-state index contributed by atoms with van der Waals surface area (Å²) in [6.45, 7) is 3.74. The van der Waals surface area contributed by atoms with Crippen molar-refractivity contribution in [2.75, 3.05) is 12.9 Å². The number of carbonyl (C=O) groups excluding carboxylic acids is 1. The zero-order chi connectivity index (χ0) is 17.3. The molecule has 23 heavy (non-hydrogen) atoms. The average Bonchev–Trinajstić information content (AvgIpc) is 2.49. The molecule has 0 fully saturated rings. The molecular weight excluding hydrogens is 345 g/mol. The summed E-state index contributed by atoms with van der Waals surface area (Å²) in [5, 5.41) is -0.118. The van der Waals surface area contributed by atoms with Crippen LogP contribution in [-0.2, 0) is 22.1 Å². The van der Waals surface area contributed by atoms with Crippen molar-refractivity contribution in [3.8, 4) is 0 Å². The molecule has 0 saturated heterocycles. The number of hydrogen-bond donors (Lipinski definition) is 0. The third kappa shape index (κ3) is 3.03. The summed E-state index contributed by atoms with van der Waals surface area (Å²) in [6.07, 6.45) is 1.36. The highest BCUT2D eigenvalue weighted by atomic mass is 35.5. The lowest BCUT2D eigenvalue weighted by Gasteiger charge is -2.17. The zero-order valence-electron chi connectivity index (χ0n) is 12.8. The van der Waals surface area contributed by atoms with Crippen LogP contribution in [0.2, 0.25) is 5.02 Å². The Kier molecular flexibility index (Phi) is 5.21. The molecule has 1 unspecified atom stereocenters. The lowest BCUT2D eigenvalue weighted by Crippen LogP contribution is -2.26. The number of esters is 1. The standard InChI is InChI=1S/C15H15ClFNO4S/c1-4-18-11-7-9(16)10(17)6-8(11)13(19)12(14(18)23(3)21)15(20)22-5-2/h6-7H,4-5H2,1-3H3. The summed E-state index contributed by atoms with van der Waals surface area (Å²) in [4.78, 5) is 24.8. The Morgan fingerprint density at radius 2 is 2.04 bits per heavy atom. The topological polar surface area (TPSA) is 65.4 Å². The van der Waals surface area contributed by atoms with Gasteiger partial charge < -0.3 is 9.30 Å². The Labute approximate surface area is 139 Å². The van der Waals surface area contributed by atoms with Gasteiger partial charge in [-0.3, -0.25) is 9.00 Å². The molecule has 0 aliphatic heterocycles. The highest BCUT2D eigenvalue weighted by Crippen LogP contribution is 2.25. The molecule has 2 aromatic rings. The molecule has 1 aromatic heterocycles. The predicted octanol–water partition coefficient (Wildman–Crippen LogP) is 2.73. The number of carbonyl (C=O) groups is 1. The number of halogens is 2. The number of nitrogens with zero attached hydrogens (tertiary/aromatic N) is 1. The number of pyridine rings is 1. The minimum absolute atomic E-state index is 0.00833. The summed E-state index contributed by atoms with van der Waals surface area (Å²) < 4.78 is 32.3. The van der Waals surface area contributed by atoms with Gasteiger partial charge in [0.25, 0.3) is 0 Å². The Bertz CT molecular complexity index is 878. The largest absolute Gasteiger partial charge is 0.462 e. The van der Waals surface area contributed by atoms with Crippen molar-refractivity contribution >= 4 is 39.3 Å². The minimum atomic E-state index is -1.63. The normalized spacial score (nSPS) is 12.4. The van der Waals surface area contributed by atoms with Crippen LogP contribution in [0.1, 0.15) is 24.2 Å². The molecule has 0 radical (unpaired) electrons. The van der Waals surface area contributed by atoms with Crippen molar-refractivity contribution in [1.29, 1.82) is 0 Å². The molecule has 1 heterocycles. The van der Waals surface area contributed by atoms with Crippen LogP contribution in [0.25, 0.3) is 10.9 Å². The molecule has 0 N–H and O–H groups in total. The molecular formula is C15H15ClFNO4S. The van der Waals surface area contributed by atoms with Crippen LogP contribution in [0.3, 0.4) is 0 Å². The van der Waals surface area contributed by atoms with Gasteiger partial charge in [-0.15, -0.1) is 0 Å². The van der Waals surface area contributed by atoms with Crippen LogP contribution in [0.5, 0.6) is 0 Å². The van der Waals surface area contributed by atoms with Crippen LogP contribution < -0.4 is 5.43 Å². The summed E-state index contributed by atoms with van der Waals surface area (Å²) in [5.41, 5.74) is -0.727. The fourth-order valence-corrected chi connectivity index (χ4v) is 3.57. The number of hydrogen-bond acceptors (Lipinski definition) is 4. The number of fused-ring (bicyclic) bond motifs is 1. The molecule has 124 valence electrons. The van der Waals surface area contributed by atoms with Crippen molar-refractivity contribution in [2.45, 2.75) is 25.4 Å². The molecule has 5 nitrogen and oxygen atoms in total. The van der Waals surface area contributed by atoms with E-state index in [0.29, 0.717) is 12.1 Å². The summed E-state index contributed by atoms with van der Waals surface area (Å²) >= 11 is 5.80. The highest BCUT2D eigenvalue weighted by Gasteiger charge is 2.26. The maximum atomic E-state index is 13.7. The number of aromatic nitrogens is 1. The van der Waals surface area contributed by atoms with Gasteiger partial charge in [0.1, 0.15) is 16.4 Å². The first kappa shape index (κ1) is 17.6. The van der Waals surface area contributed by atoms with Crippen LogP contribution in [-0.4, -0.2) is 27.6 Å². The SMILES string of the molecule is CCOC(=O)c1c(S(C)=O)n(CC)c2cc(Cl)c(F)cc2c1=O. The van der Waals surface area contributed by atoms with E-state index in [4.69, 9.17) is 16.3 Å². The lowest BCUT2D eigenvalue weighted by molar-refractivity contribution is 0.0519. The smallest absolute Gasteiger partial charge is 0.344 e. The van der Waals surface area contributed by atoms with Gasteiger partial charge in [-0.05, 0) is 26.0 Å². The zero-order valence-corrected chi connectivity index (χ0v) is 14.4. The van der Waals surface area contributed by atoms with Gasteiger partial charge in [-0.2, -0.15) is 0 Å². The molecule has 0 spiro atoms. The second-order valence-corrected chi connectivity index (χ2v) is 6.41. The Hall–Kier alpha value is -1.73. The van der Waals surface area contributed by atoms with Gasteiger partial charge in [-0.25, -0.2) is 9.18 Å². The van der Waals surface area contributed by atoms with E-state index in [9.17, 15) is 18.2 Å². The molecule has 0 bridgehead atoms. The van der Waals surface area contributed by atoms with Crippen LogP contribution in [0.15, 0.2) is 22.0 Å². The first-order valence-electron chi connectivity index (χ1n) is 6.89. The molecule has 1 atom stereocenters. The van der Waals surface area contributed by atoms with E-state index < -0.39 is 28.0 Å². The van der Waals surface area contributed by atoms with E-state index in [1.165, 1.54) is 16.9 Å². The Balaban J connectivity index is 3.05. The third-order valence-corrected chi connectivity index (χ3v) is 4.59. The van der Waals surface area contributed by atoms with Crippen molar-refractivity contribution in [1.82, 2.24) is 4.57 Å². The van der Waals surface area contributed by atoms with Gasteiger partial charge >= 0.3 is 5.97 Å². The van der Waals surface area contributed by atoms with Crippen LogP contribution in [0.4, 0.5) is 4.39 Å².